The molecule has 90 valence electrons. The summed E-state index contributed by atoms with van der Waals surface area (Å²) in [7, 11) is 1.65. The van der Waals surface area contributed by atoms with Gasteiger partial charge in [-0.2, -0.15) is 0 Å². The van der Waals surface area contributed by atoms with Crippen molar-refractivity contribution in [3.8, 4) is 5.75 Å². The highest BCUT2D eigenvalue weighted by Gasteiger charge is 2.18. The summed E-state index contributed by atoms with van der Waals surface area (Å²) in [6.07, 6.45) is 1.93. The lowest BCUT2D eigenvalue weighted by Crippen LogP contribution is -2.04. The molecule has 4 heteroatoms. The standard InChI is InChI=1S/C13H14BrNO2/c1-4-9-7-15-13(17-9)10-6-12(16-3)11(14)5-8(10)2/h4-6H,7H2,1-3H3/b9-4+. The first-order valence-corrected chi connectivity index (χ1v) is 6.17. The highest BCUT2D eigenvalue weighted by Crippen LogP contribution is 2.30. The van der Waals surface area contributed by atoms with Crippen molar-refractivity contribution in [2.45, 2.75) is 13.8 Å². The van der Waals surface area contributed by atoms with Crippen LogP contribution in [-0.4, -0.2) is 19.6 Å². The lowest BCUT2D eigenvalue weighted by atomic mass is 10.1. The molecule has 0 bridgehead atoms. The van der Waals surface area contributed by atoms with Crippen LogP contribution in [0.1, 0.15) is 18.1 Å². The minimum atomic E-state index is 0.615. The normalized spacial score (nSPS) is 16.9. The summed E-state index contributed by atoms with van der Waals surface area (Å²) in [5.41, 5.74) is 2.08. The zero-order valence-corrected chi connectivity index (χ0v) is 11.7. The van der Waals surface area contributed by atoms with E-state index in [0.717, 1.165) is 27.1 Å². The molecule has 1 aromatic rings. The van der Waals surface area contributed by atoms with Gasteiger partial charge < -0.3 is 9.47 Å². The molecular formula is C13H14BrNO2. The van der Waals surface area contributed by atoms with Crippen LogP contribution in [-0.2, 0) is 4.74 Å². The average molecular weight is 296 g/mol. The average Bonchev–Trinajstić information content (AvgIpc) is 2.78. The van der Waals surface area contributed by atoms with Gasteiger partial charge in [-0.15, -0.1) is 0 Å². The maximum Gasteiger partial charge on any atom is 0.222 e. The monoisotopic (exact) mass is 295 g/mol. The molecule has 0 N–H and O–H groups in total. The van der Waals surface area contributed by atoms with E-state index in [1.165, 1.54) is 0 Å². The van der Waals surface area contributed by atoms with Gasteiger partial charge in [0.05, 0.1) is 11.6 Å². The highest BCUT2D eigenvalue weighted by atomic mass is 79.9. The topological polar surface area (TPSA) is 30.8 Å². The Morgan fingerprint density at radius 1 is 1.47 bits per heavy atom. The van der Waals surface area contributed by atoms with E-state index in [2.05, 4.69) is 20.9 Å². The quantitative estimate of drug-likeness (QED) is 0.837. The Balaban J connectivity index is 2.40. The second-order valence-corrected chi connectivity index (χ2v) is 4.63. The fourth-order valence-corrected chi connectivity index (χ4v) is 2.29. The van der Waals surface area contributed by atoms with Crippen molar-refractivity contribution >= 4 is 21.8 Å². The number of halogens is 1. The Morgan fingerprint density at radius 2 is 2.24 bits per heavy atom. The minimum Gasteiger partial charge on any atom is -0.496 e. The maximum atomic E-state index is 5.66. The summed E-state index contributed by atoms with van der Waals surface area (Å²) in [6, 6.07) is 3.95. The first-order valence-electron chi connectivity index (χ1n) is 5.37. The number of aryl methyl sites for hydroxylation is 1. The van der Waals surface area contributed by atoms with Crippen molar-refractivity contribution in [3.05, 3.63) is 39.6 Å². The number of nitrogens with zero attached hydrogens (tertiary/aromatic N) is 1. The van der Waals surface area contributed by atoms with Crippen LogP contribution in [0, 0.1) is 6.92 Å². The molecule has 0 fully saturated rings. The number of rotatable bonds is 2. The molecule has 1 heterocycles. The Labute approximate surface area is 109 Å². The molecule has 0 amide bonds. The van der Waals surface area contributed by atoms with Gasteiger partial charge in [0.25, 0.3) is 0 Å². The van der Waals surface area contributed by atoms with Crippen molar-refractivity contribution in [2.24, 2.45) is 4.99 Å². The summed E-state index contributed by atoms with van der Waals surface area (Å²) in [4.78, 5) is 4.38. The third-order valence-corrected chi connectivity index (χ3v) is 3.28. The number of benzene rings is 1. The smallest absolute Gasteiger partial charge is 0.222 e. The number of ether oxygens (including phenoxy) is 2. The summed E-state index contributed by atoms with van der Waals surface area (Å²) < 4.78 is 11.9. The van der Waals surface area contributed by atoms with Gasteiger partial charge in [-0.3, -0.25) is 0 Å². The van der Waals surface area contributed by atoms with Crippen LogP contribution in [0.5, 0.6) is 5.75 Å². The number of aliphatic imine (C=N–C) groups is 1. The fourth-order valence-electron chi connectivity index (χ4n) is 1.67. The van der Waals surface area contributed by atoms with Crippen molar-refractivity contribution in [2.75, 3.05) is 13.7 Å². The van der Waals surface area contributed by atoms with E-state index >= 15 is 0 Å². The molecule has 17 heavy (non-hydrogen) atoms. The number of hydrogen-bond donors (Lipinski definition) is 0. The molecule has 1 aliphatic heterocycles. The number of methoxy groups -OCH3 is 1. The van der Waals surface area contributed by atoms with Gasteiger partial charge in [-0.05, 0) is 53.5 Å². The van der Waals surface area contributed by atoms with E-state index in [1.54, 1.807) is 7.11 Å². The summed E-state index contributed by atoms with van der Waals surface area (Å²) in [5.74, 6) is 2.34. The highest BCUT2D eigenvalue weighted by molar-refractivity contribution is 9.10. The summed E-state index contributed by atoms with van der Waals surface area (Å²) >= 11 is 3.46. The Bertz CT molecular complexity index is 506. The van der Waals surface area contributed by atoms with E-state index in [-0.39, 0.29) is 0 Å². The lowest BCUT2D eigenvalue weighted by molar-refractivity contribution is 0.410. The molecule has 0 radical (unpaired) electrons. The number of allylic oxidation sites excluding steroid dienone is 1. The summed E-state index contributed by atoms with van der Waals surface area (Å²) in [5, 5.41) is 0. The Morgan fingerprint density at radius 3 is 2.82 bits per heavy atom. The third kappa shape index (κ3) is 2.36. The predicted molar refractivity (Wildman–Crippen MR) is 71.7 cm³/mol. The molecule has 3 nitrogen and oxygen atoms in total. The predicted octanol–water partition coefficient (Wildman–Crippen LogP) is 3.45. The van der Waals surface area contributed by atoms with Crippen LogP contribution in [0.4, 0.5) is 0 Å². The Hall–Kier alpha value is -1.29. The van der Waals surface area contributed by atoms with Gasteiger partial charge in [0.2, 0.25) is 5.90 Å². The van der Waals surface area contributed by atoms with Gasteiger partial charge >= 0.3 is 0 Å². The van der Waals surface area contributed by atoms with Crippen molar-refractivity contribution in [1.29, 1.82) is 0 Å². The fraction of sp³-hybridized carbons (Fsp3) is 0.308. The molecule has 1 aromatic carbocycles. The molecule has 0 unspecified atom stereocenters. The molecule has 2 rings (SSSR count). The minimum absolute atomic E-state index is 0.615. The second kappa shape index (κ2) is 4.92. The zero-order chi connectivity index (χ0) is 12.4. The molecule has 0 saturated carbocycles. The molecule has 0 atom stereocenters. The lowest BCUT2D eigenvalue weighted by Gasteiger charge is -2.10. The second-order valence-electron chi connectivity index (χ2n) is 3.78. The van der Waals surface area contributed by atoms with E-state index in [9.17, 15) is 0 Å². The van der Waals surface area contributed by atoms with Crippen molar-refractivity contribution in [3.63, 3.8) is 0 Å². The molecule has 0 aliphatic carbocycles. The molecule has 0 saturated heterocycles. The molecule has 0 aromatic heterocycles. The van der Waals surface area contributed by atoms with Gasteiger partial charge in [-0.1, -0.05) is 0 Å². The van der Waals surface area contributed by atoms with E-state index in [1.807, 2.05) is 32.1 Å². The molecule has 0 spiro atoms. The first-order chi connectivity index (χ1) is 8.15. The van der Waals surface area contributed by atoms with Crippen LogP contribution in [0.15, 0.2) is 33.4 Å². The Kier molecular flexibility index (Phi) is 3.52. The van der Waals surface area contributed by atoms with E-state index < -0.39 is 0 Å². The zero-order valence-electron chi connectivity index (χ0n) is 10.1. The van der Waals surface area contributed by atoms with Crippen LogP contribution in [0.2, 0.25) is 0 Å². The number of hydrogen-bond acceptors (Lipinski definition) is 3. The van der Waals surface area contributed by atoms with Crippen LogP contribution in [0.25, 0.3) is 0 Å². The largest absolute Gasteiger partial charge is 0.496 e. The van der Waals surface area contributed by atoms with Gasteiger partial charge in [0.15, 0.2) is 0 Å². The SMILES string of the molecule is C/C=C1\CN=C(c2cc(OC)c(Br)cc2C)O1. The van der Waals surface area contributed by atoms with Gasteiger partial charge in [0.1, 0.15) is 18.1 Å². The maximum absolute atomic E-state index is 5.66. The first kappa shape index (κ1) is 12.2. The third-order valence-electron chi connectivity index (χ3n) is 2.66. The van der Waals surface area contributed by atoms with Crippen LogP contribution in [0.3, 0.4) is 0 Å². The van der Waals surface area contributed by atoms with Crippen LogP contribution >= 0.6 is 15.9 Å². The van der Waals surface area contributed by atoms with Crippen LogP contribution < -0.4 is 4.74 Å². The van der Waals surface area contributed by atoms with Crippen molar-refractivity contribution in [1.82, 2.24) is 0 Å². The molecular weight excluding hydrogens is 282 g/mol. The van der Waals surface area contributed by atoms with E-state index in [4.69, 9.17) is 9.47 Å². The van der Waals surface area contributed by atoms with Gasteiger partial charge in [0, 0.05) is 5.56 Å². The molecule has 1 aliphatic rings. The van der Waals surface area contributed by atoms with E-state index in [0.29, 0.717) is 12.4 Å². The van der Waals surface area contributed by atoms with Gasteiger partial charge in [-0.25, -0.2) is 4.99 Å². The van der Waals surface area contributed by atoms with Crippen molar-refractivity contribution < 1.29 is 9.47 Å². The summed E-state index contributed by atoms with van der Waals surface area (Å²) in [6.45, 7) is 4.59.